The average molecular weight is 338 g/mol. The Morgan fingerprint density at radius 3 is 2.88 bits per heavy atom. The highest BCUT2D eigenvalue weighted by Gasteiger charge is 2.15. The summed E-state index contributed by atoms with van der Waals surface area (Å²) in [7, 11) is 0. The molecule has 0 bridgehead atoms. The highest BCUT2D eigenvalue weighted by atomic mass is 16.5. The van der Waals surface area contributed by atoms with Gasteiger partial charge in [-0.2, -0.15) is 0 Å². The van der Waals surface area contributed by atoms with E-state index in [0.717, 1.165) is 36.5 Å². The van der Waals surface area contributed by atoms with Gasteiger partial charge >= 0.3 is 0 Å². The van der Waals surface area contributed by atoms with Crippen LogP contribution in [0.2, 0.25) is 0 Å². The van der Waals surface area contributed by atoms with Crippen LogP contribution in [0.15, 0.2) is 54.7 Å². The van der Waals surface area contributed by atoms with E-state index >= 15 is 0 Å². The topological polar surface area (TPSA) is 60.5 Å². The fourth-order valence-corrected chi connectivity index (χ4v) is 2.55. The third-order valence-electron chi connectivity index (χ3n) is 3.94. The molecule has 1 amide bonds. The Labute approximate surface area is 147 Å². The summed E-state index contributed by atoms with van der Waals surface area (Å²) in [6.45, 7) is 1.90. The summed E-state index contributed by atoms with van der Waals surface area (Å²) >= 11 is 0. The van der Waals surface area contributed by atoms with Gasteiger partial charge in [0.15, 0.2) is 0 Å². The Morgan fingerprint density at radius 2 is 2.16 bits per heavy atom. The lowest BCUT2D eigenvalue weighted by Gasteiger charge is -2.11. The maximum Gasteiger partial charge on any atom is 0.244 e. The van der Waals surface area contributed by atoms with Gasteiger partial charge in [0, 0.05) is 25.4 Å². The van der Waals surface area contributed by atoms with Crippen molar-refractivity contribution in [2.45, 2.75) is 25.5 Å². The van der Waals surface area contributed by atoms with Crippen molar-refractivity contribution in [1.29, 1.82) is 0 Å². The molecule has 0 radical (unpaired) electrons. The second-order valence-electron chi connectivity index (χ2n) is 5.90. The number of carbonyl (C=O) groups is 1. The molecule has 3 rings (SSSR count). The number of nitrogens with zero attached hydrogens (tertiary/aromatic N) is 1. The maximum absolute atomic E-state index is 11.8. The lowest BCUT2D eigenvalue weighted by molar-refractivity contribution is -0.116. The Balaban J connectivity index is 1.41. The van der Waals surface area contributed by atoms with Crippen molar-refractivity contribution < 1.29 is 14.3 Å². The predicted molar refractivity (Wildman–Crippen MR) is 96.0 cm³/mol. The summed E-state index contributed by atoms with van der Waals surface area (Å²) in [5.41, 5.74) is 1.77. The highest BCUT2D eigenvalue weighted by molar-refractivity contribution is 5.91. The second-order valence-corrected chi connectivity index (χ2v) is 5.90. The lowest BCUT2D eigenvalue weighted by atomic mass is 10.2. The summed E-state index contributed by atoms with van der Waals surface area (Å²) in [4.78, 5) is 16.0. The molecule has 130 valence electrons. The molecule has 1 unspecified atom stereocenters. The van der Waals surface area contributed by atoms with Crippen LogP contribution in [0.25, 0.3) is 6.08 Å². The Hall–Kier alpha value is -2.66. The van der Waals surface area contributed by atoms with E-state index in [0.29, 0.717) is 13.2 Å². The van der Waals surface area contributed by atoms with Crippen LogP contribution in [-0.2, 0) is 16.1 Å². The molecule has 25 heavy (non-hydrogen) atoms. The molecule has 1 atom stereocenters. The minimum Gasteiger partial charge on any atom is -0.491 e. The summed E-state index contributed by atoms with van der Waals surface area (Å²) in [6, 6.07) is 13.3. The van der Waals surface area contributed by atoms with E-state index in [1.807, 2.05) is 42.5 Å². The number of rotatable bonds is 7. The largest absolute Gasteiger partial charge is 0.491 e. The van der Waals surface area contributed by atoms with Gasteiger partial charge in [-0.15, -0.1) is 0 Å². The van der Waals surface area contributed by atoms with E-state index < -0.39 is 0 Å². The minimum atomic E-state index is -0.149. The fraction of sp³-hybridized carbons (Fsp3) is 0.300. The smallest absolute Gasteiger partial charge is 0.244 e. The van der Waals surface area contributed by atoms with Crippen molar-refractivity contribution >= 4 is 12.0 Å². The first-order valence-corrected chi connectivity index (χ1v) is 8.50. The van der Waals surface area contributed by atoms with E-state index in [9.17, 15) is 4.79 Å². The van der Waals surface area contributed by atoms with Gasteiger partial charge < -0.3 is 14.8 Å². The number of pyridine rings is 1. The van der Waals surface area contributed by atoms with Gasteiger partial charge in [-0.3, -0.25) is 9.78 Å². The first-order valence-electron chi connectivity index (χ1n) is 8.50. The van der Waals surface area contributed by atoms with Crippen molar-refractivity contribution in [2.75, 3.05) is 13.2 Å². The van der Waals surface area contributed by atoms with Gasteiger partial charge in [-0.1, -0.05) is 18.2 Å². The van der Waals surface area contributed by atoms with Crippen LogP contribution in [0.3, 0.4) is 0 Å². The zero-order valence-electron chi connectivity index (χ0n) is 14.1. The van der Waals surface area contributed by atoms with Crippen LogP contribution in [0.5, 0.6) is 5.75 Å². The number of carbonyl (C=O) groups excluding carboxylic acids is 1. The van der Waals surface area contributed by atoms with Crippen LogP contribution in [0, 0.1) is 0 Å². The molecule has 1 aliphatic rings. The molecule has 5 nitrogen and oxygen atoms in total. The van der Waals surface area contributed by atoms with E-state index in [1.165, 1.54) is 6.08 Å². The van der Waals surface area contributed by atoms with Gasteiger partial charge in [-0.25, -0.2) is 0 Å². The van der Waals surface area contributed by atoms with Gasteiger partial charge in [0.1, 0.15) is 12.4 Å². The van der Waals surface area contributed by atoms with Gasteiger partial charge in [0.25, 0.3) is 0 Å². The van der Waals surface area contributed by atoms with Crippen molar-refractivity contribution in [3.8, 4) is 5.75 Å². The fourth-order valence-electron chi connectivity index (χ4n) is 2.55. The summed E-state index contributed by atoms with van der Waals surface area (Å²) in [6.07, 6.45) is 7.26. The monoisotopic (exact) mass is 338 g/mol. The Kier molecular flexibility index (Phi) is 6.17. The molecule has 1 aromatic carbocycles. The van der Waals surface area contributed by atoms with Crippen LogP contribution in [0.4, 0.5) is 0 Å². The zero-order chi connectivity index (χ0) is 17.3. The first kappa shape index (κ1) is 17.2. The molecule has 1 aliphatic heterocycles. The average Bonchev–Trinajstić information content (AvgIpc) is 3.18. The molecular weight excluding hydrogens is 316 g/mol. The summed E-state index contributed by atoms with van der Waals surface area (Å²) < 4.78 is 11.3. The minimum absolute atomic E-state index is 0.149. The number of ether oxygens (including phenoxy) is 2. The number of aromatic nitrogens is 1. The van der Waals surface area contributed by atoms with Crippen molar-refractivity contribution in [2.24, 2.45) is 0 Å². The Morgan fingerprint density at radius 1 is 1.28 bits per heavy atom. The molecule has 1 fully saturated rings. The molecule has 1 saturated heterocycles. The number of hydrogen-bond acceptors (Lipinski definition) is 4. The van der Waals surface area contributed by atoms with E-state index in [4.69, 9.17) is 9.47 Å². The zero-order valence-corrected chi connectivity index (χ0v) is 14.1. The Bertz CT molecular complexity index is 693. The molecule has 0 aliphatic carbocycles. The van der Waals surface area contributed by atoms with Crippen molar-refractivity contribution in [3.05, 3.63) is 66.0 Å². The van der Waals surface area contributed by atoms with Crippen LogP contribution in [0.1, 0.15) is 24.1 Å². The number of benzene rings is 1. The van der Waals surface area contributed by atoms with Crippen molar-refractivity contribution in [1.82, 2.24) is 10.3 Å². The molecule has 1 aromatic heterocycles. The summed E-state index contributed by atoms with van der Waals surface area (Å²) in [5.74, 6) is 0.671. The van der Waals surface area contributed by atoms with Gasteiger partial charge in [0.05, 0.1) is 11.8 Å². The van der Waals surface area contributed by atoms with E-state index in [2.05, 4.69) is 10.3 Å². The molecule has 2 aromatic rings. The van der Waals surface area contributed by atoms with Crippen molar-refractivity contribution in [3.63, 3.8) is 0 Å². The molecule has 0 spiro atoms. The molecule has 0 saturated carbocycles. The summed E-state index contributed by atoms with van der Waals surface area (Å²) in [5, 5.41) is 2.85. The molecule has 2 heterocycles. The molecular formula is C20H22N2O3. The lowest BCUT2D eigenvalue weighted by Crippen LogP contribution is -2.20. The number of nitrogens with one attached hydrogen (secondary N) is 1. The normalized spacial score (nSPS) is 16.9. The molecule has 5 heteroatoms. The highest BCUT2D eigenvalue weighted by Crippen LogP contribution is 2.16. The van der Waals surface area contributed by atoms with Crippen LogP contribution in [-0.4, -0.2) is 30.2 Å². The predicted octanol–water partition coefficient (Wildman–Crippen LogP) is 2.97. The van der Waals surface area contributed by atoms with Gasteiger partial charge in [-0.05, 0) is 48.7 Å². The maximum atomic E-state index is 11.8. The number of amides is 1. The van der Waals surface area contributed by atoms with Crippen LogP contribution < -0.4 is 10.1 Å². The standard InChI is InChI=1S/C20H22N2O3/c23-20(11-8-17-4-1-2-12-21-17)22-14-16-6-9-18(10-7-16)25-15-19-5-3-13-24-19/h1-2,4,6-12,19H,3,5,13-15H2,(H,22,23). The second kappa shape index (κ2) is 8.99. The first-order chi connectivity index (χ1) is 12.3. The SMILES string of the molecule is O=C(C=Cc1ccccn1)NCc1ccc(OCC2CCCO2)cc1. The molecule has 1 N–H and O–H groups in total. The van der Waals surface area contributed by atoms with E-state index in [-0.39, 0.29) is 12.0 Å². The number of hydrogen-bond donors (Lipinski definition) is 1. The van der Waals surface area contributed by atoms with Gasteiger partial charge in [0.2, 0.25) is 5.91 Å². The van der Waals surface area contributed by atoms with E-state index in [1.54, 1.807) is 12.3 Å². The quantitative estimate of drug-likeness (QED) is 0.789. The van der Waals surface area contributed by atoms with Crippen LogP contribution >= 0.6 is 0 Å². The third kappa shape index (κ3) is 5.72. The third-order valence-corrected chi connectivity index (χ3v) is 3.94.